The van der Waals surface area contributed by atoms with Gasteiger partial charge in [0.2, 0.25) is 0 Å². The Morgan fingerprint density at radius 1 is 1.50 bits per heavy atom. The molecule has 0 spiro atoms. The van der Waals surface area contributed by atoms with Gasteiger partial charge in [0.15, 0.2) is 0 Å². The zero-order valence-electron chi connectivity index (χ0n) is 7.46. The van der Waals surface area contributed by atoms with Crippen molar-refractivity contribution in [3.05, 3.63) is 27.7 Å². The maximum absolute atomic E-state index is 11.4. The van der Waals surface area contributed by atoms with Crippen molar-refractivity contribution in [2.24, 2.45) is 0 Å². The van der Waals surface area contributed by atoms with E-state index in [4.69, 9.17) is 5.11 Å². The molecule has 14 heavy (non-hydrogen) atoms. The molecule has 0 saturated heterocycles. The van der Waals surface area contributed by atoms with E-state index >= 15 is 0 Å². The molecule has 1 aromatic rings. The molecule has 0 aromatic carbocycles. The predicted molar refractivity (Wildman–Crippen MR) is 50.8 cm³/mol. The molecule has 0 unspecified atom stereocenters. The van der Waals surface area contributed by atoms with Gasteiger partial charge >= 0.3 is 5.97 Å². The molecule has 2 heterocycles. The minimum atomic E-state index is -1.02. The van der Waals surface area contributed by atoms with Crippen molar-refractivity contribution in [2.45, 2.75) is 12.8 Å². The highest BCUT2D eigenvalue weighted by atomic mass is 16.4. The lowest BCUT2D eigenvalue weighted by Crippen LogP contribution is -2.24. The molecular formula is C9H10N2O3. The number of carbonyl (C=O) groups is 1. The molecular weight excluding hydrogens is 184 g/mol. The van der Waals surface area contributed by atoms with Crippen LogP contribution in [0.4, 0.5) is 5.69 Å². The van der Waals surface area contributed by atoms with Crippen molar-refractivity contribution >= 4 is 11.7 Å². The third-order valence-electron chi connectivity index (χ3n) is 2.33. The lowest BCUT2D eigenvalue weighted by Gasteiger charge is -2.18. The van der Waals surface area contributed by atoms with Crippen LogP contribution in [0, 0.1) is 0 Å². The highest BCUT2D eigenvalue weighted by molar-refractivity contribution is 5.94. The quantitative estimate of drug-likeness (QED) is 0.605. The number of rotatable bonds is 1. The summed E-state index contributed by atoms with van der Waals surface area (Å²) in [5.41, 5.74) is 0.972. The second-order valence-corrected chi connectivity index (χ2v) is 3.22. The number of hydrogen-bond donors (Lipinski definition) is 3. The maximum Gasteiger partial charge on any atom is 0.339 e. The van der Waals surface area contributed by atoms with Crippen LogP contribution in [0.25, 0.3) is 0 Å². The van der Waals surface area contributed by atoms with Gasteiger partial charge in [-0.25, -0.2) is 4.79 Å². The Balaban J connectivity index is 2.65. The first-order valence-corrected chi connectivity index (χ1v) is 4.42. The van der Waals surface area contributed by atoms with Crippen molar-refractivity contribution in [3.63, 3.8) is 0 Å². The minimum absolute atomic E-state index is 0.138. The fourth-order valence-electron chi connectivity index (χ4n) is 1.66. The van der Waals surface area contributed by atoms with E-state index in [0.29, 0.717) is 17.7 Å². The van der Waals surface area contributed by atoms with E-state index in [1.54, 1.807) is 0 Å². The number of pyridine rings is 1. The van der Waals surface area contributed by atoms with Gasteiger partial charge in [-0.2, -0.15) is 0 Å². The van der Waals surface area contributed by atoms with Crippen LogP contribution in [0.3, 0.4) is 0 Å². The molecule has 5 nitrogen and oxygen atoms in total. The van der Waals surface area contributed by atoms with Gasteiger partial charge in [-0.3, -0.25) is 4.79 Å². The lowest BCUT2D eigenvalue weighted by molar-refractivity contribution is 0.0697. The molecule has 5 heteroatoms. The topological polar surface area (TPSA) is 82.2 Å². The Kier molecular flexibility index (Phi) is 1.99. The fourth-order valence-corrected chi connectivity index (χ4v) is 1.66. The Morgan fingerprint density at radius 3 is 3.00 bits per heavy atom. The number of aromatic amines is 1. The number of aromatic nitrogens is 1. The molecule has 1 aromatic heterocycles. The fraction of sp³-hybridized carbons (Fsp3) is 0.333. The SMILES string of the molecule is O=C(O)c1c[nH]c(=O)c2c1NCCC2. The summed E-state index contributed by atoms with van der Waals surface area (Å²) in [5.74, 6) is -1.02. The highest BCUT2D eigenvalue weighted by Crippen LogP contribution is 2.21. The molecule has 1 aliphatic rings. The molecule has 1 aliphatic heterocycles. The monoisotopic (exact) mass is 194 g/mol. The highest BCUT2D eigenvalue weighted by Gasteiger charge is 2.19. The van der Waals surface area contributed by atoms with Crippen molar-refractivity contribution in [1.82, 2.24) is 4.98 Å². The van der Waals surface area contributed by atoms with Gasteiger partial charge in [-0.1, -0.05) is 0 Å². The summed E-state index contributed by atoms with van der Waals surface area (Å²) in [7, 11) is 0. The summed E-state index contributed by atoms with van der Waals surface area (Å²) in [6, 6.07) is 0. The first-order chi connectivity index (χ1) is 6.70. The molecule has 0 amide bonds. The number of carboxylic acid groups (broad SMARTS) is 1. The largest absolute Gasteiger partial charge is 0.478 e. The Labute approximate surface area is 79.8 Å². The van der Waals surface area contributed by atoms with Gasteiger partial charge in [0.05, 0.1) is 11.3 Å². The van der Waals surface area contributed by atoms with E-state index < -0.39 is 5.97 Å². The van der Waals surface area contributed by atoms with Gasteiger partial charge in [0.1, 0.15) is 0 Å². The molecule has 0 bridgehead atoms. The molecule has 0 aliphatic carbocycles. The predicted octanol–water partition coefficient (Wildman–Crippen LogP) is 0.431. The van der Waals surface area contributed by atoms with Crippen LogP contribution in [0.1, 0.15) is 22.3 Å². The van der Waals surface area contributed by atoms with Gasteiger partial charge in [0, 0.05) is 18.3 Å². The molecule has 2 rings (SSSR count). The van der Waals surface area contributed by atoms with E-state index in [1.807, 2.05) is 0 Å². The van der Waals surface area contributed by atoms with E-state index in [1.165, 1.54) is 6.20 Å². The van der Waals surface area contributed by atoms with Gasteiger partial charge in [0.25, 0.3) is 5.56 Å². The number of anilines is 1. The van der Waals surface area contributed by atoms with Crippen molar-refractivity contribution in [3.8, 4) is 0 Å². The summed E-state index contributed by atoms with van der Waals surface area (Å²) in [5, 5.41) is 11.8. The number of fused-ring (bicyclic) bond motifs is 1. The first kappa shape index (κ1) is 8.80. The van der Waals surface area contributed by atoms with Crippen molar-refractivity contribution in [2.75, 3.05) is 11.9 Å². The number of carboxylic acids is 1. The molecule has 0 fully saturated rings. The molecule has 0 radical (unpaired) electrons. The third-order valence-corrected chi connectivity index (χ3v) is 2.33. The van der Waals surface area contributed by atoms with Crippen molar-refractivity contribution in [1.29, 1.82) is 0 Å². The number of aromatic carboxylic acids is 1. The molecule has 0 atom stereocenters. The van der Waals surface area contributed by atoms with Gasteiger partial charge in [-0.05, 0) is 12.8 Å². The zero-order chi connectivity index (χ0) is 10.1. The average molecular weight is 194 g/mol. The van der Waals surface area contributed by atoms with Crippen LogP contribution in [-0.2, 0) is 6.42 Å². The van der Waals surface area contributed by atoms with E-state index in [9.17, 15) is 9.59 Å². The summed E-state index contributed by atoms with van der Waals surface area (Å²) in [6.07, 6.45) is 2.74. The van der Waals surface area contributed by atoms with E-state index in [0.717, 1.165) is 13.0 Å². The Hall–Kier alpha value is -1.78. The van der Waals surface area contributed by atoms with Crippen LogP contribution >= 0.6 is 0 Å². The van der Waals surface area contributed by atoms with Crippen LogP contribution in [0.2, 0.25) is 0 Å². The van der Waals surface area contributed by atoms with E-state index in [-0.39, 0.29) is 11.1 Å². The summed E-state index contributed by atoms with van der Waals surface area (Å²) >= 11 is 0. The lowest BCUT2D eigenvalue weighted by atomic mass is 10.0. The average Bonchev–Trinajstić information content (AvgIpc) is 2.18. The standard InChI is InChI=1S/C9H10N2O3/c12-8-5-2-1-3-10-7(5)6(4-11-8)9(13)14/h4,10H,1-3H2,(H,11,12)(H,13,14). The van der Waals surface area contributed by atoms with Gasteiger partial charge in [-0.15, -0.1) is 0 Å². The molecule has 3 N–H and O–H groups in total. The Bertz CT molecular complexity index is 436. The van der Waals surface area contributed by atoms with Crippen molar-refractivity contribution < 1.29 is 9.90 Å². The summed E-state index contributed by atoms with van der Waals surface area (Å²) in [6.45, 7) is 0.719. The first-order valence-electron chi connectivity index (χ1n) is 4.42. The number of nitrogens with one attached hydrogen (secondary N) is 2. The normalized spacial score (nSPS) is 14.3. The number of H-pyrrole nitrogens is 1. The van der Waals surface area contributed by atoms with Crippen LogP contribution in [0.15, 0.2) is 11.0 Å². The van der Waals surface area contributed by atoms with Crippen LogP contribution in [-0.4, -0.2) is 22.6 Å². The summed E-state index contributed by atoms with van der Waals surface area (Å²) in [4.78, 5) is 24.6. The van der Waals surface area contributed by atoms with Gasteiger partial charge < -0.3 is 15.4 Å². The third kappa shape index (κ3) is 1.26. The minimum Gasteiger partial charge on any atom is -0.478 e. The molecule has 0 saturated carbocycles. The summed E-state index contributed by atoms with van der Waals surface area (Å²) < 4.78 is 0. The van der Waals surface area contributed by atoms with Crippen LogP contribution in [0.5, 0.6) is 0 Å². The molecule has 74 valence electrons. The zero-order valence-corrected chi connectivity index (χ0v) is 7.46. The smallest absolute Gasteiger partial charge is 0.339 e. The number of hydrogen-bond acceptors (Lipinski definition) is 3. The van der Waals surface area contributed by atoms with Crippen LogP contribution < -0.4 is 10.9 Å². The second kappa shape index (κ2) is 3.17. The Morgan fingerprint density at radius 2 is 2.29 bits per heavy atom. The van der Waals surface area contributed by atoms with E-state index in [2.05, 4.69) is 10.3 Å². The second-order valence-electron chi connectivity index (χ2n) is 3.22. The maximum atomic E-state index is 11.4.